The molecular formula is C37H59N3. The van der Waals surface area contributed by atoms with Gasteiger partial charge in [0.05, 0.1) is 17.6 Å². The van der Waals surface area contributed by atoms with Crippen molar-refractivity contribution in [1.29, 1.82) is 5.26 Å². The van der Waals surface area contributed by atoms with Crippen LogP contribution in [0.15, 0.2) is 66.3 Å². The lowest BCUT2D eigenvalue weighted by Gasteiger charge is -2.44. The van der Waals surface area contributed by atoms with Gasteiger partial charge in [-0.15, -0.1) is 0 Å². The summed E-state index contributed by atoms with van der Waals surface area (Å²) in [5.41, 5.74) is 2.21. The molecule has 4 unspecified atom stereocenters. The zero-order chi connectivity index (χ0) is 29.4. The van der Waals surface area contributed by atoms with Gasteiger partial charge in [-0.05, 0) is 82.2 Å². The zero-order valence-corrected chi connectivity index (χ0v) is 26.8. The molecule has 1 heterocycles. The Bertz CT molecular complexity index is 947. The molecule has 3 nitrogen and oxygen atoms in total. The van der Waals surface area contributed by atoms with E-state index < -0.39 is 5.41 Å². The maximum Gasteiger partial charge on any atom is 0.0855 e. The highest BCUT2D eigenvalue weighted by molar-refractivity contribution is 5.34. The predicted molar refractivity (Wildman–Crippen MR) is 174 cm³/mol. The highest BCUT2D eigenvalue weighted by Crippen LogP contribution is 2.44. The lowest BCUT2D eigenvalue weighted by molar-refractivity contribution is 0.0532. The molecule has 0 bridgehead atoms. The fourth-order valence-electron chi connectivity index (χ4n) is 6.58. The summed E-state index contributed by atoms with van der Waals surface area (Å²) in [6.07, 6.45) is 22.0. The van der Waals surface area contributed by atoms with Gasteiger partial charge in [0.2, 0.25) is 0 Å². The van der Waals surface area contributed by atoms with Crippen LogP contribution in [0.2, 0.25) is 0 Å². The number of rotatable bonds is 19. The molecule has 1 N–H and O–H groups in total. The van der Waals surface area contributed by atoms with Gasteiger partial charge in [-0.1, -0.05) is 120 Å². The molecule has 4 atom stereocenters. The van der Waals surface area contributed by atoms with Crippen molar-refractivity contribution in [2.45, 2.75) is 111 Å². The number of nitrogens with one attached hydrogen (secondary N) is 1. The van der Waals surface area contributed by atoms with Crippen molar-refractivity contribution in [1.82, 2.24) is 10.2 Å². The third-order valence-electron chi connectivity index (χ3n) is 8.90. The molecular weight excluding hydrogens is 486 g/mol. The fraction of sp³-hybridized carbons (Fsp3) is 0.649. The normalized spacial score (nSPS) is 19.0. The first-order valence-electron chi connectivity index (χ1n) is 16.2. The maximum absolute atomic E-state index is 10.8. The Morgan fingerprint density at radius 3 is 2.42 bits per heavy atom. The van der Waals surface area contributed by atoms with Crippen LogP contribution in [-0.4, -0.2) is 31.2 Å². The van der Waals surface area contributed by atoms with Gasteiger partial charge in [-0.25, -0.2) is 0 Å². The largest absolute Gasteiger partial charge is 0.302 e. The topological polar surface area (TPSA) is 39.1 Å². The maximum atomic E-state index is 10.8. The van der Waals surface area contributed by atoms with E-state index in [2.05, 4.69) is 126 Å². The van der Waals surface area contributed by atoms with Gasteiger partial charge in [0.15, 0.2) is 0 Å². The Hall–Kier alpha value is -2.15. The third-order valence-corrected chi connectivity index (χ3v) is 8.90. The Morgan fingerprint density at radius 2 is 1.85 bits per heavy atom. The highest BCUT2D eigenvalue weighted by Gasteiger charge is 2.41. The number of unbranched alkanes of at least 4 members (excludes halogenated alkanes) is 1. The van der Waals surface area contributed by atoms with Crippen molar-refractivity contribution in [3.63, 3.8) is 0 Å². The number of likely N-dealkylation sites (tertiary alicyclic amines) is 1. The molecule has 1 saturated heterocycles. The van der Waals surface area contributed by atoms with E-state index in [1.165, 1.54) is 43.2 Å². The summed E-state index contributed by atoms with van der Waals surface area (Å²) in [7, 11) is 2.07. The quantitative estimate of drug-likeness (QED) is 0.176. The number of nitriles is 1. The van der Waals surface area contributed by atoms with Crippen LogP contribution in [0.25, 0.3) is 0 Å². The van der Waals surface area contributed by atoms with Crippen molar-refractivity contribution in [2.75, 3.05) is 20.1 Å². The molecule has 1 aromatic rings. The molecule has 222 valence electrons. The van der Waals surface area contributed by atoms with Crippen molar-refractivity contribution in [2.24, 2.45) is 23.7 Å². The molecule has 1 aliphatic rings. The van der Waals surface area contributed by atoms with Crippen molar-refractivity contribution in [3.05, 3.63) is 71.8 Å². The van der Waals surface area contributed by atoms with Crippen LogP contribution in [0.5, 0.6) is 0 Å². The second-order valence-electron chi connectivity index (χ2n) is 12.6. The molecule has 1 fully saturated rings. The van der Waals surface area contributed by atoms with Crippen molar-refractivity contribution in [3.8, 4) is 6.07 Å². The van der Waals surface area contributed by atoms with E-state index in [0.717, 1.165) is 44.7 Å². The number of hydrogen-bond acceptors (Lipinski definition) is 3. The molecule has 1 aromatic carbocycles. The van der Waals surface area contributed by atoms with E-state index in [4.69, 9.17) is 0 Å². The molecule has 1 aliphatic heterocycles. The molecule has 0 saturated carbocycles. The molecule has 0 spiro atoms. The first-order valence-corrected chi connectivity index (χ1v) is 16.2. The lowest BCUT2D eigenvalue weighted by atomic mass is 9.63. The summed E-state index contributed by atoms with van der Waals surface area (Å²) in [6.45, 7) is 15.7. The average molecular weight is 546 g/mol. The number of hydrogen-bond donors (Lipinski definition) is 1. The summed E-state index contributed by atoms with van der Waals surface area (Å²) >= 11 is 0. The van der Waals surface area contributed by atoms with E-state index in [-0.39, 0.29) is 0 Å². The van der Waals surface area contributed by atoms with E-state index in [9.17, 15) is 5.26 Å². The van der Waals surface area contributed by atoms with E-state index in [0.29, 0.717) is 23.9 Å². The first-order chi connectivity index (χ1) is 19.3. The Labute approximate surface area is 247 Å². The van der Waals surface area contributed by atoms with Crippen LogP contribution in [0.3, 0.4) is 0 Å². The number of allylic oxidation sites excluding steroid dienone is 5. The molecule has 0 amide bonds. The van der Waals surface area contributed by atoms with Gasteiger partial charge >= 0.3 is 0 Å². The van der Waals surface area contributed by atoms with Gasteiger partial charge in [0.25, 0.3) is 0 Å². The highest BCUT2D eigenvalue weighted by atomic mass is 15.3. The first kappa shape index (κ1) is 34.1. The van der Waals surface area contributed by atoms with Gasteiger partial charge in [-0.3, -0.25) is 4.90 Å². The monoisotopic (exact) mass is 545 g/mol. The van der Waals surface area contributed by atoms with Crippen LogP contribution >= 0.6 is 0 Å². The molecule has 0 aromatic heterocycles. The fourth-order valence-corrected chi connectivity index (χ4v) is 6.58. The second kappa shape index (κ2) is 18.3. The average Bonchev–Trinajstić information content (AvgIpc) is 2.93. The zero-order valence-electron chi connectivity index (χ0n) is 26.8. The van der Waals surface area contributed by atoms with Crippen LogP contribution in [0.1, 0.15) is 105 Å². The summed E-state index contributed by atoms with van der Waals surface area (Å²) in [5, 5.41) is 14.3. The minimum atomic E-state index is -0.427. The van der Waals surface area contributed by atoms with Crippen LogP contribution < -0.4 is 5.32 Å². The van der Waals surface area contributed by atoms with Crippen LogP contribution in [0, 0.1) is 35.0 Å². The minimum absolute atomic E-state index is 0.322. The molecule has 0 aliphatic carbocycles. The standard InChI is InChI=1S/C37H59N3/c1-8-11-20-32(17-9-2)26-37(29-38,35-22-13-12-14-23-35)34(10-3)24-16-21-33-27-40(28-33)36(39-7)25-31(6)19-15-18-30(4)5/h9,12-15,17-18,22-23,25,30,32-34,36,39H,8,10-11,16,19-21,24,26-28H2,1-7H3/b17-9-,18-15-,31-25-. The summed E-state index contributed by atoms with van der Waals surface area (Å²) in [4.78, 5) is 2.57. The van der Waals surface area contributed by atoms with E-state index >= 15 is 0 Å². The van der Waals surface area contributed by atoms with Crippen molar-refractivity contribution < 1.29 is 0 Å². The number of likely N-dealkylation sites (N-methyl/N-ethyl adjacent to an activating group) is 1. The number of nitrogens with zero attached hydrogens (tertiary/aromatic N) is 2. The van der Waals surface area contributed by atoms with Crippen LogP contribution in [0.4, 0.5) is 0 Å². The minimum Gasteiger partial charge on any atom is -0.302 e. The van der Waals surface area contributed by atoms with Gasteiger partial charge in [-0.2, -0.15) is 5.26 Å². The lowest BCUT2D eigenvalue weighted by Crippen LogP contribution is -2.55. The smallest absolute Gasteiger partial charge is 0.0855 e. The van der Waals surface area contributed by atoms with Gasteiger partial charge < -0.3 is 5.32 Å². The van der Waals surface area contributed by atoms with Gasteiger partial charge in [0.1, 0.15) is 0 Å². The Kier molecular flexibility index (Phi) is 15.6. The van der Waals surface area contributed by atoms with Gasteiger partial charge in [0, 0.05) is 13.1 Å². The second-order valence-corrected chi connectivity index (χ2v) is 12.6. The molecule has 40 heavy (non-hydrogen) atoms. The summed E-state index contributed by atoms with van der Waals surface area (Å²) in [5.74, 6) is 2.20. The number of benzene rings is 1. The van der Waals surface area contributed by atoms with Crippen molar-refractivity contribution >= 4 is 0 Å². The molecule has 2 rings (SSSR count). The Morgan fingerprint density at radius 1 is 1.12 bits per heavy atom. The summed E-state index contributed by atoms with van der Waals surface area (Å²) < 4.78 is 0. The third kappa shape index (κ3) is 10.4. The SMILES string of the molecule is C/C=C\C(CCCC)CC(C#N)(c1ccccc1)C(CC)CCCC1CN(C(/C=C(/C)C/C=C\C(C)C)NC)C1. The van der Waals surface area contributed by atoms with E-state index in [1.807, 2.05) is 0 Å². The summed E-state index contributed by atoms with van der Waals surface area (Å²) in [6, 6.07) is 13.6. The van der Waals surface area contributed by atoms with Crippen LogP contribution in [-0.2, 0) is 5.41 Å². The predicted octanol–water partition coefficient (Wildman–Crippen LogP) is 9.44. The Balaban J connectivity index is 2.03. The molecule has 0 radical (unpaired) electrons. The molecule has 3 heteroatoms. The van der Waals surface area contributed by atoms with E-state index in [1.54, 1.807) is 0 Å².